The molecule has 1 aromatic heterocycles. The van der Waals surface area contributed by atoms with Crippen LogP contribution in [0.4, 0.5) is 5.82 Å². The van der Waals surface area contributed by atoms with E-state index in [0.29, 0.717) is 5.82 Å². The maximum Gasteiger partial charge on any atom is 0.219 e. The van der Waals surface area contributed by atoms with Crippen molar-refractivity contribution in [3.05, 3.63) is 23.4 Å². The van der Waals surface area contributed by atoms with Crippen molar-refractivity contribution in [3.63, 3.8) is 0 Å². The van der Waals surface area contributed by atoms with E-state index >= 15 is 0 Å². The van der Waals surface area contributed by atoms with Crippen molar-refractivity contribution in [3.8, 4) is 0 Å². The third-order valence-electron chi connectivity index (χ3n) is 4.08. The molecule has 17 heavy (non-hydrogen) atoms. The number of carbonyl (C=O) groups is 1. The summed E-state index contributed by atoms with van der Waals surface area (Å²) in [5, 5.41) is 0. The van der Waals surface area contributed by atoms with Gasteiger partial charge >= 0.3 is 0 Å². The van der Waals surface area contributed by atoms with Crippen LogP contribution in [-0.4, -0.2) is 22.8 Å². The highest BCUT2D eigenvalue weighted by molar-refractivity contribution is 5.74. The molecule has 0 fully saturated rings. The van der Waals surface area contributed by atoms with Crippen LogP contribution in [0.15, 0.2) is 12.3 Å². The summed E-state index contributed by atoms with van der Waals surface area (Å²) in [6.07, 6.45) is 4.47. The average Bonchev–Trinajstić information content (AvgIpc) is 2.69. The second-order valence-electron chi connectivity index (χ2n) is 4.69. The summed E-state index contributed by atoms with van der Waals surface area (Å²) in [5.74, 6) is 0.699. The van der Waals surface area contributed by atoms with Crippen LogP contribution < -0.4 is 5.73 Å². The Morgan fingerprint density at radius 3 is 2.94 bits per heavy atom. The molecular weight excluding hydrogens is 214 g/mol. The van der Waals surface area contributed by atoms with Gasteiger partial charge in [-0.05, 0) is 36.5 Å². The van der Waals surface area contributed by atoms with Gasteiger partial charge in [0.2, 0.25) is 5.91 Å². The summed E-state index contributed by atoms with van der Waals surface area (Å²) in [6.45, 7) is 3.73. The first-order valence-corrected chi connectivity index (χ1v) is 6.01. The number of anilines is 1. The van der Waals surface area contributed by atoms with Crippen molar-refractivity contribution in [2.24, 2.45) is 0 Å². The van der Waals surface area contributed by atoms with Crippen LogP contribution in [0.3, 0.4) is 0 Å². The van der Waals surface area contributed by atoms with Gasteiger partial charge < -0.3 is 10.6 Å². The van der Waals surface area contributed by atoms with Crippen LogP contribution in [0.25, 0.3) is 0 Å². The summed E-state index contributed by atoms with van der Waals surface area (Å²) >= 11 is 0. The van der Waals surface area contributed by atoms with Crippen LogP contribution in [0, 0.1) is 0 Å². The molecule has 0 saturated carbocycles. The number of fused-ring (bicyclic) bond motifs is 1. The molecular formula is C13H19N3O. The first-order chi connectivity index (χ1) is 8.03. The van der Waals surface area contributed by atoms with E-state index in [9.17, 15) is 4.79 Å². The average molecular weight is 233 g/mol. The lowest BCUT2D eigenvalue weighted by atomic mass is 9.87. The van der Waals surface area contributed by atoms with Gasteiger partial charge in [0, 0.05) is 20.2 Å². The zero-order chi connectivity index (χ0) is 12.6. The summed E-state index contributed by atoms with van der Waals surface area (Å²) in [6, 6.07) is 2.00. The van der Waals surface area contributed by atoms with Crippen LogP contribution in [0.2, 0.25) is 0 Å². The molecule has 1 atom stereocenters. The number of amides is 1. The number of nitrogens with two attached hydrogens (primary N) is 1. The molecule has 92 valence electrons. The van der Waals surface area contributed by atoms with E-state index in [4.69, 9.17) is 5.73 Å². The highest BCUT2D eigenvalue weighted by Gasteiger charge is 2.42. The van der Waals surface area contributed by atoms with Gasteiger partial charge in [-0.2, -0.15) is 0 Å². The number of hydrogen-bond donors (Lipinski definition) is 1. The molecule has 0 saturated heterocycles. The van der Waals surface area contributed by atoms with E-state index in [-0.39, 0.29) is 11.4 Å². The Kier molecular flexibility index (Phi) is 2.81. The summed E-state index contributed by atoms with van der Waals surface area (Å²) in [5.41, 5.74) is 8.00. The molecule has 1 amide bonds. The Morgan fingerprint density at radius 2 is 2.35 bits per heavy atom. The molecule has 1 aliphatic rings. The number of rotatable bonds is 2. The number of nitrogen functional groups attached to an aromatic ring is 1. The van der Waals surface area contributed by atoms with Crippen LogP contribution >= 0.6 is 0 Å². The van der Waals surface area contributed by atoms with Gasteiger partial charge in [-0.25, -0.2) is 4.98 Å². The van der Waals surface area contributed by atoms with E-state index in [1.165, 1.54) is 5.56 Å². The molecule has 4 nitrogen and oxygen atoms in total. The molecule has 1 unspecified atom stereocenters. The van der Waals surface area contributed by atoms with Gasteiger partial charge in [-0.3, -0.25) is 4.79 Å². The zero-order valence-electron chi connectivity index (χ0n) is 10.7. The van der Waals surface area contributed by atoms with Gasteiger partial charge in [0.1, 0.15) is 5.82 Å². The smallest absolute Gasteiger partial charge is 0.219 e. The predicted octanol–water partition coefficient (Wildman–Crippen LogP) is 1.69. The molecule has 0 spiro atoms. The second kappa shape index (κ2) is 4.02. The number of nitrogens with zero attached hydrogens (tertiary/aromatic N) is 2. The maximum atomic E-state index is 11.7. The Balaban J connectivity index is 2.55. The largest absolute Gasteiger partial charge is 0.383 e. The van der Waals surface area contributed by atoms with E-state index in [1.807, 2.05) is 18.0 Å². The topological polar surface area (TPSA) is 59.2 Å². The van der Waals surface area contributed by atoms with E-state index in [0.717, 1.165) is 24.8 Å². The lowest BCUT2D eigenvalue weighted by Crippen LogP contribution is -2.44. The molecule has 0 radical (unpaired) electrons. The van der Waals surface area contributed by atoms with Crippen LogP contribution in [-0.2, 0) is 16.8 Å². The van der Waals surface area contributed by atoms with Crippen molar-refractivity contribution in [2.75, 3.05) is 12.8 Å². The Labute approximate surface area is 102 Å². The van der Waals surface area contributed by atoms with Crippen molar-refractivity contribution in [1.82, 2.24) is 9.88 Å². The molecule has 0 aromatic carbocycles. The summed E-state index contributed by atoms with van der Waals surface area (Å²) < 4.78 is 0. The molecule has 2 rings (SSSR count). The lowest BCUT2D eigenvalue weighted by molar-refractivity contribution is -0.133. The Bertz CT molecular complexity index is 458. The number of hydrogen-bond acceptors (Lipinski definition) is 3. The lowest BCUT2D eigenvalue weighted by Gasteiger charge is -2.38. The van der Waals surface area contributed by atoms with E-state index in [1.54, 1.807) is 13.1 Å². The second-order valence-corrected chi connectivity index (χ2v) is 4.69. The van der Waals surface area contributed by atoms with Crippen LogP contribution in [0.5, 0.6) is 0 Å². The molecule has 1 aliphatic carbocycles. The van der Waals surface area contributed by atoms with Crippen molar-refractivity contribution in [1.29, 1.82) is 0 Å². The normalized spacial score (nSPS) is 22.3. The summed E-state index contributed by atoms with van der Waals surface area (Å²) in [4.78, 5) is 17.6. The summed E-state index contributed by atoms with van der Waals surface area (Å²) in [7, 11) is 1.87. The van der Waals surface area contributed by atoms with Crippen molar-refractivity contribution >= 4 is 11.7 Å². The standard InChI is InChI=1S/C13H19N3O/c1-4-13(16(3)9(2)17)7-5-10-11(13)6-8-15-12(10)14/h6,8H,4-5,7H2,1-3H3,(H2,14,15). The van der Waals surface area contributed by atoms with E-state index < -0.39 is 0 Å². The molecule has 4 heteroatoms. The fourth-order valence-electron chi connectivity index (χ4n) is 2.93. The molecule has 1 heterocycles. The van der Waals surface area contributed by atoms with Gasteiger partial charge in [-0.15, -0.1) is 0 Å². The molecule has 2 N–H and O–H groups in total. The quantitative estimate of drug-likeness (QED) is 0.845. The Morgan fingerprint density at radius 1 is 1.65 bits per heavy atom. The monoisotopic (exact) mass is 233 g/mol. The van der Waals surface area contributed by atoms with Gasteiger partial charge in [0.05, 0.1) is 5.54 Å². The van der Waals surface area contributed by atoms with Gasteiger partial charge in [-0.1, -0.05) is 6.92 Å². The van der Waals surface area contributed by atoms with Crippen molar-refractivity contribution in [2.45, 2.75) is 38.6 Å². The molecule has 0 bridgehead atoms. The Hall–Kier alpha value is -1.58. The fraction of sp³-hybridized carbons (Fsp3) is 0.538. The number of aromatic nitrogens is 1. The SMILES string of the molecule is CCC1(N(C)C(C)=O)CCc2c1ccnc2N. The maximum absolute atomic E-state index is 11.7. The third kappa shape index (κ3) is 1.59. The zero-order valence-corrected chi connectivity index (χ0v) is 10.7. The van der Waals surface area contributed by atoms with Gasteiger partial charge in [0.15, 0.2) is 0 Å². The minimum atomic E-state index is -0.196. The minimum absolute atomic E-state index is 0.0927. The number of pyridine rings is 1. The fourth-order valence-corrected chi connectivity index (χ4v) is 2.93. The first-order valence-electron chi connectivity index (χ1n) is 6.01. The van der Waals surface area contributed by atoms with Crippen LogP contribution in [0.1, 0.15) is 37.8 Å². The van der Waals surface area contributed by atoms with E-state index in [2.05, 4.69) is 11.9 Å². The highest BCUT2D eigenvalue weighted by atomic mass is 16.2. The highest BCUT2D eigenvalue weighted by Crippen LogP contribution is 2.44. The third-order valence-corrected chi connectivity index (χ3v) is 4.08. The van der Waals surface area contributed by atoms with Crippen molar-refractivity contribution < 1.29 is 4.79 Å². The number of carbonyl (C=O) groups excluding carboxylic acids is 1. The predicted molar refractivity (Wildman–Crippen MR) is 67.4 cm³/mol. The molecule has 1 aromatic rings. The van der Waals surface area contributed by atoms with Gasteiger partial charge in [0.25, 0.3) is 0 Å². The first kappa shape index (κ1) is 11.9. The minimum Gasteiger partial charge on any atom is -0.383 e. The molecule has 0 aliphatic heterocycles.